The lowest BCUT2D eigenvalue weighted by molar-refractivity contribution is -0.433. The number of piperidine rings is 2. The standard InChI is InChI=1S/C34H32F6N6O7S2/c1-17-15-50-31(52-17)3-7-44(8-4-31)29-41-27(47)21-11-19(33(35,36)37)13-23(25(21)54-29)43-46(49)24-14-20(34(38,39)40)12-22-26(24)55-30(42-28(22)48)45-9-5-32(6-10-45)51-16-18(2)53-32/h11-14,17-18H,3-10,15-16H2,1-2H3/t17-,18-/m0/s1. The molecule has 294 valence electrons. The Labute approximate surface area is 315 Å². The van der Waals surface area contributed by atoms with Crippen LogP contribution >= 0.6 is 22.7 Å². The van der Waals surface area contributed by atoms with E-state index in [1.165, 1.54) is 0 Å². The Bertz CT molecular complexity index is 2320. The summed E-state index contributed by atoms with van der Waals surface area (Å²) in [4.78, 5) is 37.9. The Hall–Kier alpha value is -4.02. The molecule has 8 rings (SSSR count). The van der Waals surface area contributed by atoms with E-state index in [1.54, 1.807) is 9.80 Å². The van der Waals surface area contributed by atoms with E-state index in [2.05, 4.69) is 15.1 Å². The van der Waals surface area contributed by atoms with Crippen LogP contribution in [0, 0.1) is 5.21 Å². The molecular weight excluding hydrogens is 783 g/mol. The van der Waals surface area contributed by atoms with Gasteiger partial charge < -0.3 is 34.0 Å². The zero-order valence-corrected chi connectivity index (χ0v) is 30.8. The first-order valence-corrected chi connectivity index (χ1v) is 19.0. The van der Waals surface area contributed by atoms with Crippen molar-refractivity contribution in [2.45, 2.75) is 75.7 Å². The van der Waals surface area contributed by atoms with Crippen LogP contribution in [0.25, 0.3) is 20.2 Å². The Morgan fingerprint density at radius 1 is 0.745 bits per heavy atom. The molecule has 4 fully saturated rings. The molecule has 0 N–H and O–H groups in total. The van der Waals surface area contributed by atoms with E-state index in [1.807, 2.05) is 13.8 Å². The highest BCUT2D eigenvalue weighted by Gasteiger charge is 2.44. The van der Waals surface area contributed by atoms with Crippen LogP contribution in [-0.4, -0.2) is 78.0 Å². The van der Waals surface area contributed by atoms with Crippen molar-refractivity contribution in [2.75, 3.05) is 49.2 Å². The molecular formula is C34H32F6N6O7S2. The maximum Gasteiger partial charge on any atom is 0.416 e. The molecule has 0 aliphatic carbocycles. The minimum absolute atomic E-state index is 0.107. The highest BCUT2D eigenvalue weighted by Crippen LogP contribution is 2.44. The fourth-order valence-electron chi connectivity index (χ4n) is 7.26. The maximum absolute atomic E-state index is 14.1. The number of halogens is 6. The summed E-state index contributed by atoms with van der Waals surface area (Å²) in [7, 11) is 0. The number of azo groups is 1. The van der Waals surface area contributed by atoms with E-state index < -0.39 is 68.3 Å². The molecule has 13 nitrogen and oxygen atoms in total. The highest BCUT2D eigenvalue weighted by molar-refractivity contribution is 7.22. The van der Waals surface area contributed by atoms with Crippen LogP contribution in [0.2, 0.25) is 0 Å². The minimum Gasteiger partial charge on any atom is -0.594 e. The molecule has 2 aromatic heterocycles. The van der Waals surface area contributed by atoms with Gasteiger partial charge in [0.2, 0.25) is 0 Å². The van der Waals surface area contributed by atoms with E-state index in [0.29, 0.717) is 89.3 Å². The monoisotopic (exact) mass is 814 g/mol. The van der Waals surface area contributed by atoms with E-state index in [4.69, 9.17) is 18.9 Å². The largest absolute Gasteiger partial charge is 0.594 e. The minimum atomic E-state index is -5.03. The van der Waals surface area contributed by atoms with Gasteiger partial charge in [-0.3, -0.25) is 9.59 Å². The lowest BCUT2D eigenvalue weighted by Crippen LogP contribution is -2.45. The number of benzene rings is 2. The van der Waals surface area contributed by atoms with Gasteiger partial charge in [-0.25, -0.2) is 0 Å². The molecule has 0 amide bonds. The fourth-order valence-corrected chi connectivity index (χ4v) is 9.46. The molecule has 55 heavy (non-hydrogen) atoms. The summed E-state index contributed by atoms with van der Waals surface area (Å²) < 4.78 is 108. The average molecular weight is 815 g/mol. The predicted molar refractivity (Wildman–Crippen MR) is 189 cm³/mol. The summed E-state index contributed by atoms with van der Waals surface area (Å²) in [6.45, 7) is 5.84. The molecule has 4 aromatic rings. The Balaban J connectivity index is 1.22. The van der Waals surface area contributed by atoms with Crippen molar-refractivity contribution in [1.82, 2.24) is 9.97 Å². The molecule has 0 radical (unpaired) electrons. The summed E-state index contributed by atoms with van der Waals surface area (Å²) >= 11 is 1.57. The third-order valence-corrected chi connectivity index (χ3v) is 12.4. The topological polar surface area (TPSA) is 142 Å². The van der Waals surface area contributed by atoms with Crippen molar-refractivity contribution in [3.05, 3.63) is 61.3 Å². The van der Waals surface area contributed by atoms with Crippen LogP contribution in [-0.2, 0) is 31.3 Å². The normalized spacial score (nSPS) is 23.2. The number of hydrogen-bond donors (Lipinski definition) is 0. The van der Waals surface area contributed by atoms with Crippen LogP contribution in [0.4, 0.5) is 48.0 Å². The second-order valence-corrected chi connectivity index (χ2v) is 15.9. The Morgan fingerprint density at radius 2 is 1.18 bits per heavy atom. The molecule has 0 saturated carbocycles. The van der Waals surface area contributed by atoms with Crippen LogP contribution in [0.1, 0.15) is 50.7 Å². The molecule has 21 heteroatoms. The number of ether oxygens (including phenoxy) is 4. The van der Waals surface area contributed by atoms with E-state index >= 15 is 0 Å². The van der Waals surface area contributed by atoms with Crippen molar-refractivity contribution in [1.29, 1.82) is 0 Å². The molecule has 4 aliphatic rings. The van der Waals surface area contributed by atoms with Gasteiger partial charge in [-0.1, -0.05) is 22.7 Å². The Morgan fingerprint density at radius 3 is 1.62 bits per heavy atom. The first kappa shape index (κ1) is 37.9. The summed E-state index contributed by atoms with van der Waals surface area (Å²) in [5, 5.41) is 17.0. The molecule has 4 aliphatic heterocycles. The van der Waals surface area contributed by atoms with Crippen LogP contribution < -0.4 is 20.9 Å². The summed E-state index contributed by atoms with van der Waals surface area (Å²) in [6, 6.07) is 2.20. The van der Waals surface area contributed by atoms with Gasteiger partial charge in [0.1, 0.15) is 4.70 Å². The average Bonchev–Trinajstić information content (AvgIpc) is 3.67. The van der Waals surface area contributed by atoms with Gasteiger partial charge in [-0.05, 0) is 36.9 Å². The number of rotatable bonds is 4. The number of nitrogens with zero attached hydrogens (tertiary/aromatic N) is 6. The van der Waals surface area contributed by atoms with Crippen molar-refractivity contribution in [3.8, 4) is 0 Å². The first-order valence-electron chi connectivity index (χ1n) is 17.4. The van der Waals surface area contributed by atoms with Gasteiger partial charge in [0, 0.05) is 63.0 Å². The van der Waals surface area contributed by atoms with Gasteiger partial charge >= 0.3 is 12.4 Å². The van der Waals surface area contributed by atoms with Gasteiger partial charge in [0.05, 0.1) is 52.0 Å². The van der Waals surface area contributed by atoms with E-state index in [9.17, 15) is 41.1 Å². The number of aromatic nitrogens is 2. The number of alkyl halides is 6. The molecule has 4 saturated heterocycles. The van der Waals surface area contributed by atoms with Crippen molar-refractivity contribution in [3.63, 3.8) is 0 Å². The molecule has 0 unspecified atom stereocenters. The summed E-state index contributed by atoms with van der Waals surface area (Å²) in [6.07, 6.45) is -8.60. The molecule has 0 bridgehead atoms. The SMILES string of the molecule is C[C@H]1COC2(CCN(c3nc(=O)c4cc(C(F)(F)F)cc(N=[N+]([O-])c5cc(C(F)(F)F)cc6c(=O)nc(N7CCC8(CC7)OC[C@H](C)O8)sc56)c4s3)CC2)O1. The molecule has 6 heterocycles. The first-order chi connectivity index (χ1) is 25.9. The number of hydrogen-bond acceptors (Lipinski definition) is 14. The summed E-state index contributed by atoms with van der Waals surface area (Å²) in [5.41, 5.74) is -6.14. The van der Waals surface area contributed by atoms with Gasteiger partial charge in [-0.15, -0.1) is 0 Å². The van der Waals surface area contributed by atoms with Gasteiger partial charge in [-0.2, -0.15) is 36.3 Å². The van der Waals surface area contributed by atoms with Crippen LogP contribution in [0.15, 0.2) is 39.0 Å². The predicted octanol–water partition coefficient (Wildman–Crippen LogP) is 7.05. The third-order valence-electron chi connectivity index (χ3n) is 10.0. The second kappa shape index (κ2) is 13.6. The lowest BCUT2D eigenvalue weighted by atomic mass is 10.0. The van der Waals surface area contributed by atoms with E-state index in [-0.39, 0.29) is 36.7 Å². The molecule has 2 spiro atoms. The molecule has 2 atom stereocenters. The zero-order valence-electron chi connectivity index (χ0n) is 29.2. The van der Waals surface area contributed by atoms with Crippen molar-refractivity contribution in [2.24, 2.45) is 5.11 Å². The zero-order chi connectivity index (χ0) is 39.1. The maximum atomic E-state index is 14.1. The second-order valence-electron chi connectivity index (χ2n) is 14.0. The van der Waals surface area contributed by atoms with E-state index in [0.717, 1.165) is 22.7 Å². The van der Waals surface area contributed by atoms with Gasteiger partial charge in [0.15, 0.2) is 27.5 Å². The third kappa shape index (κ3) is 7.25. The summed E-state index contributed by atoms with van der Waals surface area (Å²) in [5.74, 6) is -1.61. The van der Waals surface area contributed by atoms with Crippen molar-refractivity contribution < 1.29 is 50.2 Å². The number of anilines is 2. The quantitative estimate of drug-likeness (QED) is 0.0906. The van der Waals surface area contributed by atoms with Crippen LogP contribution in [0.5, 0.6) is 0 Å². The van der Waals surface area contributed by atoms with Crippen LogP contribution in [0.3, 0.4) is 0 Å². The van der Waals surface area contributed by atoms with Gasteiger partial charge in [0.25, 0.3) is 16.8 Å². The smallest absolute Gasteiger partial charge is 0.416 e. The fraction of sp³-hybridized carbons (Fsp3) is 0.529. The molecule has 2 aromatic carbocycles. The number of fused-ring (bicyclic) bond motifs is 2. The van der Waals surface area contributed by atoms with Crippen molar-refractivity contribution >= 4 is 64.5 Å². The lowest BCUT2D eigenvalue weighted by Gasteiger charge is -2.38. The highest BCUT2D eigenvalue weighted by atomic mass is 32.1. The Kier molecular flexibility index (Phi) is 9.35.